The maximum Gasteiger partial charge on any atom is 0.157 e. The Morgan fingerprint density at radius 2 is 2.29 bits per heavy atom. The minimum atomic E-state index is -0.0263. The third-order valence-electron chi connectivity index (χ3n) is 3.24. The summed E-state index contributed by atoms with van der Waals surface area (Å²) in [6.45, 7) is 0.903. The zero-order valence-corrected chi connectivity index (χ0v) is 9.49. The molecule has 2 aromatic heterocycles. The average Bonchev–Trinajstić information content (AvgIpc) is 2.85. The molecule has 0 bridgehead atoms. The van der Waals surface area contributed by atoms with Crippen LogP contribution in [0.4, 0.5) is 5.82 Å². The van der Waals surface area contributed by atoms with Gasteiger partial charge in [-0.3, -0.25) is 0 Å². The smallest absolute Gasteiger partial charge is 0.157 e. The van der Waals surface area contributed by atoms with Crippen LogP contribution in [0.25, 0.3) is 5.65 Å². The number of aldehydes is 1. The summed E-state index contributed by atoms with van der Waals surface area (Å²) in [4.78, 5) is 17.7. The van der Waals surface area contributed by atoms with Crippen LogP contribution < -0.4 is 4.90 Å². The zero-order valence-electron chi connectivity index (χ0n) is 9.49. The Balaban J connectivity index is 1.97. The van der Waals surface area contributed by atoms with Crippen molar-refractivity contribution in [3.8, 4) is 0 Å². The van der Waals surface area contributed by atoms with E-state index in [-0.39, 0.29) is 6.04 Å². The van der Waals surface area contributed by atoms with Gasteiger partial charge in [0.25, 0.3) is 0 Å². The van der Waals surface area contributed by atoms with E-state index in [0.29, 0.717) is 0 Å². The highest BCUT2D eigenvalue weighted by atomic mass is 16.1. The Labute approximate surface area is 99.1 Å². The van der Waals surface area contributed by atoms with Gasteiger partial charge >= 0.3 is 0 Å². The van der Waals surface area contributed by atoms with Gasteiger partial charge in [0, 0.05) is 18.8 Å². The van der Waals surface area contributed by atoms with Gasteiger partial charge in [-0.15, -0.1) is 0 Å². The first kappa shape index (κ1) is 10.3. The number of rotatable bonds is 2. The monoisotopic (exact) mass is 230 g/mol. The van der Waals surface area contributed by atoms with Crippen molar-refractivity contribution in [1.82, 2.24) is 14.6 Å². The third kappa shape index (κ3) is 1.77. The van der Waals surface area contributed by atoms with E-state index >= 15 is 0 Å². The molecule has 1 aliphatic rings. The van der Waals surface area contributed by atoms with Crippen LogP contribution >= 0.6 is 0 Å². The Bertz CT molecular complexity index is 536. The largest absolute Gasteiger partial charge is 0.347 e. The number of hydrogen-bond donors (Lipinski definition) is 0. The van der Waals surface area contributed by atoms with Crippen LogP contribution in [-0.4, -0.2) is 33.5 Å². The highest BCUT2D eigenvalue weighted by molar-refractivity contribution is 5.65. The summed E-state index contributed by atoms with van der Waals surface area (Å²) >= 11 is 0. The van der Waals surface area contributed by atoms with Crippen molar-refractivity contribution in [2.24, 2.45) is 0 Å². The van der Waals surface area contributed by atoms with Crippen molar-refractivity contribution in [2.75, 3.05) is 11.4 Å². The van der Waals surface area contributed by atoms with Crippen molar-refractivity contribution < 1.29 is 4.79 Å². The first-order valence-electron chi connectivity index (χ1n) is 5.91. The first-order chi connectivity index (χ1) is 8.38. The van der Waals surface area contributed by atoms with Crippen LogP contribution in [0.2, 0.25) is 0 Å². The van der Waals surface area contributed by atoms with Gasteiger partial charge in [-0.1, -0.05) is 0 Å². The van der Waals surface area contributed by atoms with Gasteiger partial charge in [-0.2, -0.15) is 5.10 Å². The molecule has 1 unspecified atom stereocenters. The van der Waals surface area contributed by atoms with Crippen LogP contribution in [0.15, 0.2) is 24.5 Å². The highest BCUT2D eigenvalue weighted by Gasteiger charge is 2.23. The lowest BCUT2D eigenvalue weighted by Crippen LogP contribution is -2.41. The van der Waals surface area contributed by atoms with Crippen LogP contribution in [0.5, 0.6) is 0 Å². The molecule has 0 spiro atoms. The molecule has 0 radical (unpaired) electrons. The SMILES string of the molecule is O=CC1CCCCN1c1ccn2nccc2n1. The van der Waals surface area contributed by atoms with Crippen LogP contribution in [-0.2, 0) is 4.79 Å². The van der Waals surface area contributed by atoms with E-state index in [4.69, 9.17) is 0 Å². The molecule has 88 valence electrons. The van der Waals surface area contributed by atoms with Crippen LogP contribution in [0.3, 0.4) is 0 Å². The number of anilines is 1. The van der Waals surface area contributed by atoms with E-state index in [1.165, 1.54) is 0 Å². The first-order valence-corrected chi connectivity index (χ1v) is 5.91. The van der Waals surface area contributed by atoms with E-state index < -0.39 is 0 Å². The molecule has 0 N–H and O–H groups in total. The lowest BCUT2D eigenvalue weighted by Gasteiger charge is -2.33. The second-order valence-electron chi connectivity index (χ2n) is 4.31. The van der Waals surface area contributed by atoms with Crippen molar-refractivity contribution in [1.29, 1.82) is 0 Å². The summed E-state index contributed by atoms with van der Waals surface area (Å²) in [7, 11) is 0. The molecule has 0 aliphatic carbocycles. The van der Waals surface area contributed by atoms with Crippen LogP contribution in [0.1, 0.15) is 19.3 Å². The molecule has 2 aromatic rings. The normalized spacial score (nSPS) is 20.7. The zero-order chi connectivity index (χ0) is 11.7. The predicted octanol–water partition coefficient (Wildman–Crippen LogP) is 1.29. The predicted molar refractivity (Wildman–Crippen MR) is 64.0 cm³/mol. The van der Waals surface area contributed by atoms with Crippen molar-refractivity contribution in [3.63, 3.8) is 0 Å². The van der Waals surface area contributed by atoms with Gasteiger partial charge < -0.3 is 9.69 Å². The highest BCUT2D eigenvalue weighted by Crippen LogP contribution is 2.22. The molecule has 3 heterocycles. The van der Waals surface area contributed by atoms with Gasteiger partial charge in [0.05, 0.1) is 12.2 Å². The standard InChI is InChI=1S/C12H14N4O/c17-9-10-3-1-2-7-15(10)11-5-8-16-12(14-11)4-6-13-16/h4-6,8-10H,1-3,7H2. The maximum absolute atomic E-state index is 11.1. The molecular weight excluding hydrogens is 216 g/mol. The molecule has 1 saturated heterocycles. The molecule has 5 nitrogen and oxygen atoms in total. The van der Waals surface area contributed by atoms with Gasteiger partial charge in [0.2, 0.25) is 0 Å². The fourth-order valence-electron chi connectivity index (χ4n) is 2.35. The number of nitrogens with zero attached hydrogens (tertiary/aromatic N) is 4. The number of fused-ring (bicyclic) bond motifs is 1. The number of hydrogen-bond acceptors (Lipinski definition) is 4. The number of carbonyl (C=O) groups is 1. The number of piperidine rings is 1. The van der Waals surface area contributed by atoms with E-state index in [2.05, 4.69) is 15.0 Å². The Morgan fingerprint density at radius 1 is 1.35 bits per heavy atom. The molecule has 0 amide bonds. The lowest BCUT2D eigenvalue weighted by molar-refractivity contribution is -0.109. The molecule has 0 saturated carbocycles. The second-order valence-corrected chi connectivity index (χ2v) is 4.31. The van der Waals surface area contributed by atoms with Gasteiger partial charge in [-0.05, 0) is 25.3 Å². The van der Waals surface area contributed by atoms with Crippen molar-refractivity contribution in [3.05, 3.63) is 24.5 Å². The number of aromatic nitrogens is 3. The van der Waals surface area contributed by atoms with E-state index in [9.17, 15) is 4.79 Å². The second kappa shape index (κ2) is 4.16. The fraction of sp³-hybridized carbons (Fsp3) is 0.417. The summed E-state index contributed by atoms with van der Waals surface area (Å²) < 4.78 is 1.73. The summed E-state index contributed by atoms with van der Waals surface area (Å²) in [6, 6.07) is 3.76. The Morgan fingerprint density at radius 3 is 3.18 bits per heavy atom. The maximum atomic E-state index is 11.1. The molecule has 1 atom stereocenters. The molecular formula is C12H14N4O. The van der Waals surface area contributed by atoms with E-state index in [0.717, 1.165) is 43.6 Å². The molecule has 0 aromatic carbocycles. The van der Waals surface area contributed by atoms with Crippen LogP contribution in [0, 0.1) is 0 Å². The number of carbonyl (C=O) groups excluding carboxylic acids is 1. The van der Waals surface area contributed by atoms with E-state index in [1.54, 1.807) is 10.7 Å². The van der Waals surface area contributed by atoms with Crippen molar-refractivity contribution >= 4 is 17.8 Å². The van der Waals surface area contributed by atoms with E-state index in [1.807, 2.05) is 18.3 Å². The van der Waals surface area contributed by atoms with Gasteiger partial charge in [-0.25, -0.2) is 9.50 Å². The summed E-state index contributed by atoms with van der Waals surface area (Å²) in [5.41, 5.74) is 0.817. The average molecular weight is 230 g/mol. The molecule has 1 aliphatic heterocycles. The fourth-order valence-corrected chi connectivity index (χ4v) is 2.35. The Kier molecular flexibility index (Phi) is 2.51. The third-order valence-corrected chi connectivity index (χ3v) is 3.24. The quantitative estimate of drug-likeness (QED) is 0.729. The molecule has 5 heteroatoms. The summed E-state index contributed by atoms with van der Waals surface area (Å²) in [5, 5.41) is 4.11. The Hall–Kier alpha value is -1.91. The topological polar surface area (TPSA) is 50.5 Å². The van der Waals surface area contributed by atoms with Gasteiger partial charge in [0.15, 0.2) is 5.65 Å². The van der Waals surface area contributed by atoms with Crippen molar-refractivity contribution in [2.45, 2.75) is 25.3 Å². The van der Waals surface area contributed by atoms with Gasteiger partial charge in [0.1, 0.15) is 12.1 Å². The minimum absolute atomic E-state index is 0.0263. The molecule has 3 rings (SSSR count). The minimum Gasteiger partial charge on any atom is -0.347 e. The summed E-state index contributed by atoms with van der Waals surface area (Å²) in [5.74, 6) is 0.870. The summed E-state index contributed by atoms with van der Waals surface area (Å²) in [6.07, 6.45) is 7.80. The molecule has 1 fully saturated rings. The lowest BCUT2D eigenvalue weighted by atomic mass is 10.0. The molecule has 17 heavy (non-hydrogen) atoms.